The van der Waals surface area contributed by atoms with Gasteiger partial charge < -0.3 is 21.1 Å². The molecule has 2 rings (SSSR count). The van der Waals surface area contributed by atoms with E-state index in [9.17, 15) is 14.7 Å². The van der Waals surface area contributed by atoms with Gasteiger partial charge in [0.1, 0.15) is 0 Å². The van der Waals surface area contributed by atoms with Gasteiger partial charge in [0.05, 0.1) is 5.60 Å². The summed E-state index contributed by atoms with van der Waals surface area (Å²) in [5.74, 6) is -0.0167. The van der Waals surface area contributed by atoms with Gasteiger partial charge in [0, 0.05) is 24.3 Å². The first-order chi connectivity index (χ1) is 9.48. The van der Waals surface area contributed by atoms with Crippen LogP contribution in [-0.4, -0.2) is 42.2 Å². The molecule has 2 amide bonds. The van der Waals surface area contributed by atoms with Crippen molar-refractivity contribution in [3.05, 3.63) is 29.8 Å². The number of amides is 2. The number of β-amino-alcohol motifs (C(OH)–C–C–N with tert-alkyl or cyclic N) is 1. The summed E-state index contributed by atoms with van der Waals surface area (Å²) < 4.78 is 0. The van der Waals surface area contributed by atoms with E-state index in [4.69, 9.17) is 0 Å². The highest BCUT2D eigenvalue weighted by Gasteiger charge is 2.31. The van der Waals surface area contributed by atoms with Gasteiger partial charge in [-0.3, -0.25) is 4.79 Å². The topological polar surface area (TPSA) is 90.5 Å². The van der Waals surface area contributed by atoms with Crippen LogP contribution in [0.3, 0.4) is 0 Å². The number of hydrogen-bond acceptors (Lipinski definition) is 4. The number of Topliss-reactive ketones (excluding diaryl/α,β-unsaturated/α-hetero) is 1. The van der Waals surface area contributed by atoms with Crippen molar-refractivity contribution in [2.75, 3.05) is 25.0 Å². The molecule has 4 N–H and O–H groups in total. The molecule has 1 aromatic rings. The Balaban J connectivity index is 1.83. The Kier molecular flexibility index (Phi) is 4.36. The SMILES string of the molecule is CC(=O)c1ccc(NC(=O)NC[C@@]2(O)CCNC2)cc1. The monoisotopic (exact) mass is 277 g/mol. The Morgan fingerprint density at radius 2 is 2.05 bits per heavy atom. The molecule has 0 radical (unpaired) electrons. The van der Waals surface area contributed by atoms with Crippen molar-refractivity contribution in [1.29, 1.82) is 0 Å². The van der Waals surface area contributed by atoms with Crippen molar-refractivity contribution in [2.24, 2.45) is 0 Å². The molecule has 1 aliphatic rings. The Morgan fingerprint density at radius 3 is 2.60 bits per heavy atom. The first-order valence-corrected chi connectivity index (χ1v) is 6.57. The van der Waals surface area contributed by atoms with Gasteiger partial charge in [-0.25, -0.2) is 4.79 Å². The summed E-state index contributed by atoms with van der Waals surface area (Å²) >= 11 is 0. The van der Waals surface area contributed by atoms with Crippen molar-refractivity contribution >= 4 is 17.5 Å². The third-order valence-electron chi connectivity index (χ3n) is 3.35. The van der Waals surface area contributed by atoms with Crippen LogP contribution in [0.15, 0.2) is 24.3 Å². The number of urea groups is 1. The zero-order valence-electron chi connectivity index (χ0n) is 11.4. The minimum absolute atomic E-state index is 0.0167. The second-order valence-corrected chi connectivity index (χ2v) is 5.09. The fraction of sp³-hybridized carbons (Fsp3) is 0.429. The summed E-state index contributed by atoms with van der Waals surface area (Å²) in [6.45, 7) is 2.94. The second-order valence-electron chi connectivity index (χ2n) is 5.09. The van der Waals surface area contributed by atoms with Crippen molar-refractivity contribution in [3.63, 3.8) is 0 Å². The first kappa shape index (κ1) is 14.5. The molecule has 0 spiro atoms. The summed E-state index contributed by atoms with van der Waals surface area (Å²) in [4.78, 5) is 22.8. The van der Waals surface area contributed by atoms with Crippen LogP contribution in [0.25, 0.3) is 0 Å². The molecule has 20 heavy (non-hydrogen) atoms. The molecule has 0 bridgehead atoms. The van der Waals surface area contributed by atoms with Crippen molar-refractivity contribution in [1.82, 2.24) is 10.6 Å². The lowest BCUT2D eigenvalue weighted by Crippen LogP contribution is -2.45. The van der Waals surface area contributed by atoms with E-state index in [0.29, 0.717) is 24.2 Å². The molecule has 0 unspecified atom stereocenters. The number of carbonyl (C=O) groups is 2. The number of hydrogen-bond donors (Lipinski definition) is 4. The fourth-order valence-electron chi connectivity index (χ4n) is 2.09. The summed E-state index contributed by atoms with van der Waals surface area (Å²) in [5.41, 5.74) is 0.335. The predicted molar refractivity (Wildman–Crippen MR) is 75.9 cm³/mol. The van der Waals surface area contributed by atoms with Crippen molar-refractivity contribution < 1.29 is 14.7 Å². The van der Waals surface area contributed by atoms with Crippen LogP contribution < -0.4 is 16.0 Å². The van der Waals surface area contributed by atoms with E-state index < -0.39 is 5.60 Å². The van der Waals surface area contributed by atoms with E-state index in [1.807, 2.05) is 0 Å². The van der Waals surface area contributed by atoms with Crippen molar-refractivity contribution in [3.8, 4) is 0 Å². The maximum Gasteiger partial charge on any atom is 0.319 e. The third kappa shape index (κ3) is 3.79. The van der Waals surface area contributed by atoms with Crippen LogP contribution in [0.4, 0.5) is 10.5 Å². The zero-order chi connectivity index (χ0) is 14.6. The molecular weight excluding hydrogens is 258 g/mol. The van der Waals surface area contributed by atoms with Gasteiger partial charge in [0.25, 0.3) is 0 Å². The molecular formula is C14H19N3O3. The van der Waals surface area contributed by atoms with Crippen LogP contribution in [0.1, 0.15) is 23.7 Å². The minimum atomic E-state index is -0.865. The Morgan fingerprint density at radius 1 is 1.35 bits per heavy atom. The van der Waals surface area contributed by atoms with Crippen LogP contribution in [0.5, 0.6) is 0 Å². The molecule has 1 aliphatic heterocycles. The number of anilines is 1. The van der Waals surface area contributed by atoms with Gasteiger partial charge in [0.15, 0.2) is 5.78 Å². The smallest absolute Gasteiger partial charge is 0.319 e. The van der Waals surface area contributed by atoms with Crippen LogP contribution in [-0.2, 0) is 0 Å². The molecule has 1 atom stereocenters. The summed E-state index contributed by atoms with van der Waals surface area (Å²) in [6, 6.07) is 6.28. The van der Waals surface area contributed by atoms with E-state index >= 15 is 0 Å². The highest BCUT2D eigenvalue weighted by atomic mass is 16.3. The van der Waals surface area contributed by atoms with E-state index in [-0.39, 0.29) is 18.4 Å². The normalized spacial score (nSPS) is 21.5. The summed E-state index contributed by atoms with van der Waals surface area (Å²) in [5, 5.41) is 18.4. The maximum absolute atomic E-state index is 11.7. The fourth-order valence-corrected chi connectivity index (χ4v) is 2.09. The van der Waals surface area contributed by atoms with E-state index in [1.165, 1.54) is 6.92 Å². The minimum Gasteiger partial charge on any atom is -0.387 e. The largest absolute Gasteiger partial charge is 0.387 e. The molecule has 0 saturated carbocycles. The molecule has 0 aromatic heterocycles. The van der Waals surface area contributed by atoms with Gasteiger partial charge in [-0.15, -0.1) is 0 Å². The number of nitrogens with one attached hydrogen (secondary N) is 3. The molecule has 1 saturated heterocycles. The van der Waals surface area contributed by atoms with Gasteiger partial charge in [-0.05, 0) is 44.2 Å². The lowest BCUT2D eigenvalue weighted by atomic mass is 10.0. The quantitative estimate of drug-likeness (QED) is 0.611. The van der Waals surface area contributed by atoms with Crippen LogP contribution in [0.2, 0.25) is 0 Å². The third-order valence-corrected chi connectivity index (χ3v) is 3.35. The molecule has 108 valence electrons. The second kappa shape index (κ2) is 6.02. The molecule has 1 aromatic carbocycles. The standard InChI is InChI=1S/C14H19N3O3/c1-10(18)11-2-4-12(5-3-11)17-13(19)16-9-14(20)6-7-15-8-14/h2-5,15,20H,6-9H2,1H3,(H2,16,17,19)/t14-/m1/s1. The number of benzene rings is 1. The van der Waals surface area contributed by atoms with E-state index in [1.54, 1.807) is 24.3 Å². The molecule has 1 heterocycles. The summed E-state index contributed by atoms with van der Waals surface area (Å²) in [7, 11) is 0. The first-order valence-electron chi connectivity index (χ1n) is 6.57. The van der Waals surface area contributed by atoms with Crippen LogP contribution >= 0.6 is 0 Å². The van der Waals surface area contributed by atoms with E-state index in [0.717, 1.165) is 6.54 Å². The molecule has 1 fully saturated rings. The van der Waals surface area contributed by atoms with Crippen LogP contribution in [0, 0.1) is 0 Å². The average Bonchev–Trinajstić information content (AvgIpc) is 2.85. The highest BCUT2D eigenvalue weighted by Crippen LogP contribution is 2.13. The number of aliphatic hydroxyl groups is 1. The summed E-state index contributed by atoms with van der Waals surface area (Å²) in [6.07, 6.45) is 0.626. The number of carbonyl (C=O) groups excluding carboxylic acids is 2. The lowest BCUT2D eigenvalue weighted by molar-refractivity contribution is 0.0640. The Bertz CT molecular complexity index is 493. The van der Waals surface area contributed by atoms with Gasteiger partial charge in [-0.1, -0.05) is 0 Å². The highest BCUT2D eigenvalue weighted by molar-refractivity contribution is 5.95. The predicted octanol–water partition coefficient (Wildman–Crippen LogP) is 0.735. The van der Waals surface area contributed by atoms with Crippen molar-refractivity contribution in [2.45, 2.75) is 18.9 Å². The Labute approximate surface area is 117 Å². The zero-order valence-corrected chi connectivity index (χ0v) is 11.4. The molecule has 6 nitrogen and oxygen atoms in total. The lowest BCUT2D eigenvalue weighted by Gasteiger charge is -2.21. The Hall–Kier alpha value is -1.92. The molecule has 6 heteroatoms. The van der Waals surface area contributed by atoms with Gasteiger partial charge in [0.2, 0.25) is 0 Å². The number of rotatable bonds is 4. The maximum atomic E-state index is 11.7. The van der Waals surface area contributed by atoms with E-state index in [2.05, 4.69) is 16.0 Å². The average molecular weight is 277 g/mol. The van der Waals surface area contributed by atoms with Gasteiger partial charge >= 0.3 is 6.03 Å². The number of ketones is 1. The molecule has 0 aliphatic carbocycles. The van der Waals surface area contributed by atoms with Gasteiger partial charge in [-0.2, -0.15) is 0 Å².